The topological polar surface area (TPSA) is 52.6 Å². The van der Waals surface area contributed by atoms with Crippen LogP contribution < -0.4 is 4.90 Å². The highest BCUT2D eigenvalue weighted by atomic mass is 16.2. The van der Waals surface area contributed by atoms with E-state index in [1.54, 1.807) is 4.90 Å². The highest BCUT2D eigenvalue weighted by Gasteiger charge is 2.38. The number of anilines is 1. The van der Waals surface area contributed by atoms with E-state index in [1.165, 1.54) is 25.7 Å². The lowest BCUT2D eigenvalue weighted by atomic mass is 9.71. The third kappa shape index (κ3) is 3.80. The maximum Gasteiger partial charge on any atom is 0.236 e. The number of piperidine rings is 2. The van der Waals surface area contributed by atoms with Crippen molar-refractivity contribution in [2.45, 2.75) is 25.7 Å². The van der Waals surface area contributed by atoms with Crippen LogP contribution in [-0.4, -0.2) is 72.5 Å². The van der Waals surface area contributed by atoms with Crippen molar-refractivity contribution in [1.82, 2.24) is 19.8 Å². The van der Waals surface area contributed by atoms with Crippen molar-refractivity contribution in [3.05, 3.63) is 18.5 Å². The second kappa shape index (κ2) is 6.83. The average molecular weight is 317 g/mol. The summed E-state index contributed by atoms with van der Waals surface area (Å²) in [7, 11) is 3.66. The van der Waals surface area contributed by atoms with E-state index in [2.05, 4.69) is 19.8 Å². The Morgan fingerprint density at radius 1 is 1.09 bits per heavy atom. The predicted octanol–water partition coefficient (Wildman–Crippen LogP) is 1.25. The van der Waals surface area contributed by atoms with Gasteiger partial charge in [0.05, 0.1) is 6.54 Å². The van der Waals surface area contributed by atoms with E-state index in [4.69, 9.17) is 0 Å². The summed E-state index contributed by atoms with van der Waals surface area (Å²) in [6.07, 6.45) is 8.45. The van der Waals surface area contributed by atoms with Gasteiger partial charge in [0.1, 0.15) is 0 Å². The second-order valence-electron chi connectivity index (χ2n) is 7.10. The molecule has 0 aromatic carbocycles. The highest BCUT2D eigenvalue weighted by Crippen LogP contribution is 2.41. The summed E-state index contributed by atoms with van der Waals surface area (Å²) in [6, 6.07) is 1.86. The zero-order chi connectivity index (χ0) is 16.3. The van der Waals surface area contributed by atoms with Crippen LogP contribution >= 0.6 is 0 Å². The first-order valence-corrected chi connectivity index (χ1v) is 8.52. The lowest BCUT2D eigenvalue weighted by Crippen LogP contribution is -2.49. The van der Waals surface area contributed by atoms with Crippen LogP contribution in [0.4, 0.5) is 5.95 Å². The molecule has 0 unspecified atom stereocenters. The van der Waals surface area contributed by atoms with Gasteiger partial charge >= 0.3 is 0 Å². The average Bonchev–Trinajstić information content (AvgIpc) is 2.58. The Balaban J connectivity index is 1.49. The third-order valence-electron chi connectivity index (χ3n) is 5.43. The summed E-state index contributed by atoms with van der Waals surface area (Å²) in [5, 5.41) is 0. The Morgan fingerprint density at radius 2 is 1.65 bits per heavy atom. The molecule has 6 heteroatoms. The minimum Gasteiger partial charge on any atom is -0.348 e. The summed E-state index contributed by atoms with van der Waals surface area (Å²) in [6.45, 7) is 4.73. The molecular formula is C17H27N5O. The fourth-order valence-corrected chi connectivity index (χ4v) is 3.65. The van der Waals surface area contributed by atoms with Crippen LogP contribution in [0, 0.1) is 5.41 Å². The molecule has 126 valence electrons. The molecule has 1 amide bonds. The van der Waals surface area contributed by atoms with Crippen molar-refractivity contribution in [2.75, 3.05) is 51.7 Å². The largest absolute Gasteiger partial charge is 0.348 e. The molecule has 0 N–H and O–H groups in total. The van der Waals surface area contributed by atoms with Crippen LogP contribution in [-0.2, 0) is 4.79 Å². The predicted molar refractivity (Wildman–Crippen MR) is 90.3 cm³/mol. The van der Waals surface area contributed by atoms with Crippen molar-refractivity contribution in [1.29, 1.82) is 0 Å². The van der Waals surface area contributed by atoms with Gasteiger partial charge in [-0.25, -0.2) is 9.97 Å². The molecule has 1 aromatic rings. The van der Waals surface area contributed by atoms with Crippen molar-refractivity contribution in [2.24, 2.45) is 5.41 Å². The minimum atomic E-state index is 0.206. The molecule has 3 heterocycles. The van der Waals surface area contributed by atoms with E-state index in [1.807, 2.05) is 32.6 Å². The first-order chi connectivity index (χ1) is 11.1. The van der Waals surface area contributed by atoms with Crippen LogP contribution in [0.5, 0.6) is 0 Å². The Labute approximate surface area is 138 Å². The number of likely N-dealkylation sites (N-methyl/N-ethyl adjacent to an activating group) is 1. The fourth-order valence-electron chi connectivity index (χ4n) is 3.65. The molecule has 1 spiro atoms. The maximum absolute atomic E-state index is 11.8. The standard InChI is InChI=1S/C17H27N5O/c1-20(2)15(23)14-21-10-4-17(5-11-21)6-12-22(13-7-17)16-18-8-3-9-19-16/h3,8-9H,4-7,10-14H2,1-2H3. The van der Waals surface area contributed by atoms with E-state index in [-0.39, 0.29) is 5.91 Å². The summed E-state index contributed by atoms with van der Waals surface area (Å²) in [5.74, 6) is 1.06. The van der Waals surface area contributed by atoms with Crippen LogP contribution in [0.15, 0.2) is 18.5 Å². The Bertz CT molecular complexity index is 515. The summed E-state index contributed by atoms with van der Waals surface area (Å²) in [4.78, 5) is 26.9. The summed E-state index contributed by atoms with van der Waals surface area (Å²) >= 11 is 0. The van der Waals surface area contributed by atoms with Crippen molar-refractivity contribution in [3.8, 4) is 0 Å². The molecule has 1 aromatic heterocycles. The van der Waals surface area contributed by atoms with Gasteiger partial charge in [0, 0.05) is 39.6 Å². The van der Waals surface area contributed by atoms with Gasteiger partial charge in [-0.05, 0) is 50.3 Å². The number of carbonyl (C=O) groups is 1. The van der Waals surface area contributed by atoms with Gasteiger partial charge in [-0.1, -0.05) is 0 Å². The SMILES string of the molecule is CN(C)C(=O)CN1CCC2(CC1)CCN(c1ncccn1)CC2. The number of aromatic nitrogens is 2. The van der Waals surface area contributed by atoms with Gasteiger partial charge in [0.25, 0.3) is 0 Å². The molecule has 3 rings (SSSR count). The van der Waals surface area contributed by atoms with Crippen LogP contribution in [0.3, 0.4) is 0 Å². The highest BCUT2D eigenvalue weighted by molar-refractivity contribution is 5.77. The molecule has 2 aliphatic rings. The number of likely N-dealkylation sites (tertiary alicyclic amines) is 1. The van der Waals surface area contributed by atoms with Gasteiger partial charge in [0.2, 0.25) is 11.9 Å². The number of hydrogen-bond acceptors (Lipinski definition) is 5. The number of hydrogen-bond donors (Lipinski definition) is 0. The number of amides is 1. The van der Waals surface area contributed by atoms with Gasteiger partial charge in [-0.2, -0.15) is 0 Å². The molecule has 2 aliphatic heterocycles. The molecule has 0 saturated carbocycles. The van der Waals surface area contributed by atoms with E-state index in [0.717, 1.165) is 32.1 Å². The monoisotopic (exact) mass is 317 g/mol. The summed E-state index contributed by atoms with van der Waals surface area (Å²) < 4.78 is 0. The first-order valence-electron chi connectivity index (χ1n) is 8.52. The minimum absolute atomic E-state index is 0.206. The summed E-state index contributed by atoms with van der Waals surface area (Å²) in [5.41, 5.74) is 0.461. The molecule has 0 radical (unpaired) electrons. The fraction of sp³-hybridized carbons (Fsp3) is 0.706. The van der Waals surface area contributed by atoms with Crippen LogP contribution in [0.25, 0.3) is 0 Å². The first kappa shape index (κ1) is 16.2. The second-order valence-corrected chi connectivity index (χ2v) is 7.10. The molecule has 2 fully saturated rings. The number of nitrogens with zero attached hydrogens (tertiary/aromatic N) is 5. The lowest BCUT2D eigenvalue weighted by molar-refractivity contribution is -0.130. The van der Waals surface area contributed by atoms with Crippen molar-refractivity contribution in [3.63, 3.8) is 0 Å². The normalized spacial score (nSPS) is 21.4. The van der Waals surface area contributed by atoms with Gasteiger partial charge < -0.3 is 9.80 Å². The van der Waals surface area contributed by atoms with Crippen molar-refractivity contribution < 1.29 is 4.79 Å². The molecule has 0 aliphatic carbocycles. The van der Waals surface area contributed by atoms with Crippen molar-refractivity contribution >= 4 is 11.9 Å². The van der Waals surface area contributed by atoms with E-state index in [0.29, 0.717) is 12.0 Å². The Hall–Kier alpha value is -1.69. The zero-order valence-corrected chi connectivity index (χ0v) is 14.2. The van der Waals surface area contributed by atoms with Gasteiger partial charge in [-0.3, -0.25) is 9.69 Å². The van der Waals surface area contributed by atoms with Crippen LogP contribution in [0.2, 0.25) is 0 Å². The van der Waals surface area contributed by atoms with Gasteiger partial charge in [-0.15, -0.1) is 0 Å². The maximum atomic E-state index is 11.8. The van der Waals surface area contributed by atoms with Gasteiger partial charge in [0.15, 0.2) is 0 Å². The molecule has 6 nitrogen and oxygen atoms in total. The molecule has 0 atom stereocenters. The smallest absolute Gasteiger partial charge is 0.236 e. The zero-order valence-electron chi connectivity index (χ0n) is 14.2. The molecule has 0 bridgehead atoms. The lowest BCUT2D eigenvalue weighted by Gasteiger charge is -2.46. The van der Waals surface area contributed by atoms with E-state index in [9.17, 15) is 4.79 Å². The van der Waals surface area contributed by atoms with E-state index < -0.39 is 0 Å². The number of carbonyl (C=O) groups excluding carboxylic acids is 1. The van der Waals surface area contributed by atoms with Crippen LogP contribution in [0.1, 0.15) is 25.7 Å². The van der Waals surface area contributed by atoms with E-state index >= 15 is 0 Å². The Kier molecular flexibility index (Phi) is 4.80. The Morgan fingerprint density at radius 3 is 2.22 bits per heavy atom. The third-order valence-corrected chi connectivity index (χ3v) is 5.43. The molecule has 2 saturated heterocycles. The molecular weight excluding hydrogens is 290 g/mol. The quantitative estimate of drug-likeness (QED) is 0.840. The molecule has 23 heavy (non-hydrogen) atoms. The number of rotatable bonds is 3.